The Morgan fingerprint density at radius 2 is 1.90 bits per heavy atom. The van der Waals surface area contributed by atoms with Gasteiger partial charge in [-0.05, 0) is 25.1 Å². The molecule has 3 rings (SSSR count). The number of nitrogens with two attached hydrogens (primary N) is 1. The van der Waals surface area contributed by atoms with E-state index in [1.165, 1.54) is 13.2 Å². The van der Waals surface area contributed by atoms with Crippen molar-refractivity contribution in [3.8, 4) is 17.0 Å². The van der Waals surface area contributed by atoms with Gasteiger partial charge in [0.15, 0.2) is 11.5 Å². The number of benzene rings is 2. The first-order valence-electron chi connectivity index (χ1n) is 9.47. The van der Waals surface area contributed by atoms with Crippen molar-refractivity contribution in [3.63, 3.8) is 0 Å². The molecule has 0 aliphatic rings. The number of amides is 2. The number of aromatic nitrogens is 2. The van der Waals surface area contributed by atoms with Crippen molar-refractivity contribution >= 4 is 17.6 Å². The molecule has 0 bridgehead atoms. The molecule has 8 nitrogen and oxygen atoms in total. The molecule has 0 saturated carbocycles. The fraction of sp³-hybridized carbons (Fsp3) is 0.182. The molecule has 0 spiro atoms. The van der Waals surface area contributed by atoms with Gasteiger partial charge < -0.3 is 21.1 Å². The SMILES string of the molecule is CCOc1ccccc1CNC(=O)c1cccc(-c2cnc(N)c(C(=O)NC)n2)c1. The van der Waals surface area contributed by atoms with Crippen LogP contribution in [0, 0.1) is 0 Å². The molecular formula is C22H23N5O3. The lowest BCUT2D eigenvalue weighted by atomic mass is 10.1. The molecular weight excluding hydrogens is 382 g/mol. The zero-order valence-electron chi connectivity index (χ0n) is 16.8. The van der Waals surface area contributed by atoms with Gasteiger partial charge in [-0.1, -0.05) is 30.3 Å². The van der Waals surface area contributed by atoms with Crippen LogP contribution in [0.4, 0.5) is 5.82 Å². The van der Waals surface area contributed by atoms with Gasteiger partial charge in [-0.15, -0.1) is 0 Å². The maximum Gasteiger partial charge on any atom is 0.273 e. The molecule has 0 saturated heterocycles. The smallest absolute Gasteiger partial charge is 0.273 e. The van der Waals surface area contributed by atoms with Crippen LogP contribution in [0.25, 0.3) is 11.3 Å². The normalized spacial score (nSPS) is 10.3. The first kappa shape index (κ1) is 20.8. The summed E-state index contributed by atoms with van der Waals surface area (Å²) in [6.07, 6.45) is 1.47. The lowest BCUT2D eigenvalue weighted by molar-refractivity contribution is 0.0945. The number of anilines is 1. The van der Waals surface area contributed by atoms with Gasteiger partial charge >= 0.3 is 0 Å². The lowest BCUT2D eigenvalue weighted by Crippen LogP contribution is -2.23. The number of rotatable bonds is 7. The molecule has 2 amide bonds. The van der Waals surface area contributed by atoms with Crippen molar-refractivity contribution < 1.29 is 14.3 Å². The van der Waals surface area contributed by atoms with Crippen LogP contribution in [-0.2, 0) is 6.54 Å². The molecule has 4 N–H and O–H groups in total. The van der Waals surface area contributed by atoms with Gasteiger partial charge in [0.25, 0.3) is 11.8 Å². The van der Waals surface area contributed by atoms with E-state index >= 15 is 0 Å². The van der Waals surface area contributed by atoms with Gasteiger partial charge in [-0.3, -0.25) is 9.59 Å². The van der Waals surface area contributed by atoms with E-state index in [2.05, 4.69) is 20.6 Å². The average Bonchev–Trinajstić information content (AvgIpc) is 2.78. The van der Waals surface area contributed by atoms with Crippen molar-refractivity contribution in [1.29, 1.82) is 0 Å². The fourth-order valence-electron chi connectivity index (χ4n) is 2.87. The van der Waals surface area contributed by atoms with Gasteiger partial charge in [-0.25, -0.2) is 9.97 Å². The number of carbonyl (C=O) groups excluding carboxylic acids is 2. The first-order valence-corrected chi connectivity index (χ1v) is 9.47. The van der Waals surface area contributed by atoms with Gasteiger partial charge in [-0.2, -0.15) is 0 Å². The topological polar surface area (TPSA) is 119 Å². The summed E-state index contributed by atoms with van der Waals surface area (Å²) in [4.78, 5) is 32.9. The summed E-state index contributed by atoms with van der Waals surface area (Å²) >= 11 is 0. The third-order valence-corrected chi connectivity index (χ3v) is 4.38. The maximum atomic E-state index is 12.7. The molecule has 0 unspecified atom stereocenters. The molecule has 1 aromatic heterocycles. The zero-order valence-corrected chi connectivity index (χ0v) is 16.8. The van der Waals surface area contributed by atoms with Gasteiger partial charge in [0, 0.05) is 30.3 Å². The number of hydrogen-bond acceptors (Lipinski definition) is 6. The van der Waals surface area contributed by atoms with E-state index in [1.807, 2.05) is 31.2 Å². The molecule has 0 fully saturated rings. The summed E-state index contributed by atoms with van der Waals surface area (Å²) in [5.41, 5.74) is 8.22. The molecule has 3 aromatic rings. The molecule has 1 heterocycles. The highest BCUT2D eigenvalue weighted by Gasteiger charge is 2.14. The third kappa shape index (κ3) is 4.72. The highest BCUT2D eigenvalue weighted by Crippen LogP contribution is 2.21. The largest absolute Gasteiger partial charge is 0.494 e. The Balaban J connectivity index is 1.79. The van der Waals surface area contributed by atoms with Crippen LogP contribution >= 0.6 is 0 Å². The van der Waals surface area contributed by atoms with E-state index in [-0.39, 0.29) is 17.4 Å². The number of carbonyl (C=O) groups is 2. The van der Waals surface area contributed by atoms with Crippen LogP contribution in [0.2, 0.25) is 0 Å². The monoisotopic (exact) mass is 405 g/mol. The molecule has 30 heavy (non-hydrogen) atoms. The highest BCUT2D eigenvalue weighted by atomic mass is 16.5. The molecule has 154 valence electrons. The number of nitrogens with one attached hydrogen (secondary N) is 2. The minimum absolute atomic E-state index is 0.0392. The Bertz CT molecular complexity index is 1070. The van der Waals surface area contributed by atoms with Gasteiger partial charge in [0.05, 0.1) is 18.5 Å². The summed E-state index contributed by atoms with van der Waals surface area (Å²) in [5, 5.41) is 5.38. The number of ether oxygens (including phenoxy) is 1. The van der Waals surface area contributed by atoms with Gasteiger partial charge in [0.2, 0.25) is 0 Å². The lowest BCUT2D eigenvalue weighted by Gasteiger charge is -2.11. The van der Waals surface area contributed by atoms with Crippen LogP contribution in [0.1, 0.15) is 33.3 Å². The number of nitrogen functional groups attached to an aromatic ring is 1. The standard InChI is InChI=1S/C22H23N5O3/c1-3-30-18-10-5-4-7-16(18)12-26-21(28)15-9-6-8-14(11-15)17-13-25-20(23)19(27-17)22(29)24-2/h4-11,13H,3,12H2,1-2H3,(H2,23,25)(H,24,29)(H,26,28). The second-order valence-electron chi connectivity index (χ2n) is 6.37. The number of para-hydroxylation sites is 1. The second-order valence-corrected chi connectivity index (χ2v) is 6.37. The Kier molecular flexibility index (Phi) is 6.59. The van der Waals surface area contributed by atoms with Crippen LogP contribution < -0.4 is 21.1 Å². The predicted molar refractivity (Wildman–Crippen MR) is 114 cm³/mol. The van der Waals surface area contributed by atoms with Crippen LogP contribution in [0.3, 0.4) is 0 Å². The van der Waals surface area contributed by atoms with Crippen LogP contribution in [0.5, 0.6) is 5.75 Å². The quantitative estimate of drug-likeness (QED) is 0.555. The van der Waals surface area contributed by atoms with E-state index in [4.69, 9.17) is 10.5 Å². The van der Waals surface area contributed by atoms with E-state index in [0.717, 1.165) is 11.3 Å². The third-order valence-electron chi connectivity index (χ3n) is 4.38. The minimum atomic E-state index is -0.427. The van der Waals surface area contributed by atoms with Crippen molar-refractivity contribution in [2.45, 2.75) is 13.5 Å². The maximum absolute atomic E-state index is 12.7. The Labute approximate surface area is 174 Å². The summed E-state index contributed by atoms with van der Waals surface area (Å²) in [6.45, 7) is 2.80. The second kappa shape index (κ2) is 9.51. The molecule has 2 aromatic carbocycles. The number of nitrogens with zero attached hydrogens (tertiary/aromatic N) is 2. The van der Waals surface area contributed by atoms with Gasteiger partial charge in [0.1, 0.15) is 5.75 Å². The average molecular weight is 405 g/mol. The summed E-state index contributed by atoms with van der Waals surface area (Å²) in [5.74, 6) is 0.120. The Hall–Kier alpha value is -3.94. The fourth-order valence-corrected chi connectivity index (χ4v) is 2.87. The molecule has 0 atom stereocenters. The molecule has 0 aliphatic heterocycles. The number of hydrogen-bond donors (Lipinski definition) is 3. The van der Waals surface area contributed by atoms with Crippen molar-refractivity contribution in [1.82, 2.24) is 20.6 Å². The van der Waals surface area contributed by atoms with Crippen LogP contribution in [0.15, 0.2) is 54.7 Å². The summed E-state index contributed by atoms with van der Waals surface area (Å²) in [6, 6.07) is 14.5. The molecule has 0 radical (unpaired) electrons. The summed E-state index contributed by atoms with van der Waals surface area (Å²) in [7, 11) is 1.49. The first-order chi connectivity index (χ1) is 14.5. The van der Waals surface area contributed by atoms with E-state index in [9.17, 15) is 9.59 Å². The molecule has 0 aliphatic carbocycles. The Morgan fingerprint density at radius 3 is 2.67 bits per heavy atom. The van der Waals surface area contributed by atoms with Crippen LogP contribution in [-0.4, -0.2) is 35.4 Å². The van der Waals surface area contributed by atoms with Crippen molar-refractivity contribution in [2.24, 2.45) is 0 Å². The predicted octanol–water partition coefficient (Wildman–Crippen LogP) is 2.41. The Morgan fingerprint density at radius 1 is 1.10 bits per heavy atom. The minimum Gasteiger partial charge on any atom is -0.494 e. The van der Waals surface area contributed by atoms with E-state index in [0.29, 0.717) is 30.0 Å². The molecule has 8 heteroatoms. The van der Waals surface area contributed by atoms with E-state index < -0.39 is 5.91 Å². The van der Waals surface area contributed by atoms with E-state index in [1.54, 1.807) is 24.3 Å². The summed E-state index contributed by atoms with van der Waals surface area (Å²) < 4.78 is 5.59. The van der Waals surface area contributed by atoms with Crippen molar-refractivity contribution in [2.75, 3.05) is 19.4 Å². The highest BCUT2D eigenvalue weighted by molar-refractivity contribution is 5.97. The zero-order chi connectivity index (χ0) is 21.5. The van der Waals surface area contributed by atoms with Crippen molar-refractivity contribution in [3.05, 3.63) is 71.5 Å².